The van der Waals surface area contributed by atoms with Crippen LogP contribution in [0, 0.1) is 18.3 Å². The first-order valence-electron chi connectivity index (χ1n) is 6.50. The highest BCUT2D eigenvalue weighted by Crippen LogP contribution is 2.20. The number of rotatable bonds is 5. The lowest BCUT2D eigenvalue weighted by Gasteiger charge is -2.06. The summed E-state index contributed by atoms with van der Waals surface area (Å²) in [5.74, 6) is -0.519. The average molecular weight is 300 g/mol. The van der Waals surface area contributed by atoms with E-state index in [4.69, 9.17) is 5.26 Å². The third-order valence-electron chi connectivity index (χ3n) is 3.06. The van der Waals surface area contributed by atoms with Crippen LogP contribution in [-0.4, -0.2) is 14.2 Å². The van der Waals surface area contributed by atoms with E-state index in [-0.39, 0.29) is 6.54 Å². The average Bonchev–Trinajstić information content (AvgIpc) is 2.46. The Balaban J connectivity index is 2.08. The van der Waals surface area contributed by atoms with Crippen molar-refractivity contribution in [2.24, 2.45) is 0 Å². The highest BCUT2D eigenvalue weighted by atomic mass is 32.2. The molecule has 1 N–H and O–H groups in total. The van der Waals surface area contributed by atoms with Gasteiger partial charge >= 0.3 is 0 Å². The van der Waals surface area contributed by atoms with Gasteiger partial charge in [0.2, 0.25) is 10.0 Å². The van der Waals surface area contributed by atoms with Crippen molar-refractivity contribution in [3.8, 4) is 17.2 Å². The number of benzene rings is 2. The van der Waals surface area contributed by atoms with Crippen LogP contribution in [0.4, 0.5) is 0 Å². The van der Waals surface area contributed by atoms with Gasteiger partial charge in [-0.05, 0) is 23.6 Å². The fourth-order valence-electron chi connectivity index (χ4n) is 1.97. The van der Waals surface area contributed by atoms with E-state index < -0.39 is 15.8 Å². The molecule has 0 aliphatic carbocycles. The van der Waals surface area contributed by atoms with E-state index in [2.05, 4.69) is 10.8 Å². The second-order valence-electron chi connectivity index (χ2n) is 4.80. The fraction of sp³-hybridized carbons (Fsp3) is 0.188. The first-order valence-corrected chi connectivity index (χ1v) is 8.16. The van der Waals surface area contributed by atoms with Crippen molar-refractivity contribution < 1.29 is 8.42 Å². The highest BCUT2D eigenvalue weighted by molar-refractivity contribution is 7.89. The van der Waals surface area contributed by atoms with E-state index in [9.17, 15) is 8.42 Å². The number of hydrogen-bond donors (Lipinski definition) is 1. The first kappa shape index (κ1) is 15.2. The highest BCUT2D eigenvalue weighted by Gasteiger charge is 2.08. The third kappa shape index (κ3) is 4.42. The Kier molecular flexibility index (Phi) is 4.73. The van der Waals surface area contributed by atoms with Gasteiger partial charge in [-0.3, -0.25) is 0 Å². The maximum Gasteiger partial charge on any atom is 0.225 e. The maximum absolute atomic E-state index is 11.4. The van der Waals surface area contributed by atoms with Gasteiger partial charge in [-0.2, -0.15) is 5.26 Å². The molecule has 0 saturated carbocycles. The lowest BCUT2D eigenvalue weighted by molar-refractivity contribution is 0.585. The molecule has 0 aliphatic heterocycles. The molecule has 0 bridgehead atoms. The minimum Gasteiger partial charge on any atom is -0.211 e. The molecule has 0 unspecified atom stereocenters. The number of nitriles is 1. The zero-order valence-corrected chi connectivity index (χ0v) is 12.5. The topological polar surface area (TPSA) is 70.0 Å². The van der Waals surface area contributed by atoms with Gasteiger partial charge in [-0.25, -0.2) is 13.1 Å². The summed E-state index contributed by atoms with van der Waals surface area (Å²) in [6.07, 6.45) is 0. The first-order chi connectivity index (χ1) is 10.00. The molecule has 0 saturated heterocycles. The number of nitrogens with zero attached hydrogens (tertiary/aromatic N) is 1. The number of hydrogen-bond acceptors (Lipinski definition) is 3. The second kappa shape index (κ2) is 6.53. The van der Waals surface area contributed by atoms with E-state index in [1.807, 2.05) is 49.4 Å². The number of sulfonamides is 1. The molecule has 2 aromatic rings. The molecule has 108 valence electrons. The SMILES string of the molecule is Cc1cccc(-c2ccc(CNS(=O)(=O)CC#N)cc2)c1. The Morgan fingerprint density at radius 2 is 1.81 bits per heavy atom. The van der Waals surface area contributed by atoms with Crippen molar-refractivity contribution in [1.29, 1.82) is 5.26 Å². The molecule has 0 spiro atoms. The summed E-state index contributed by atoms with van der Waals surface area (Å²) in [5.41, 5.74) is 4.27. The predicted molar refractivity (Wildman–Crippen MR) is 82.9 cm³/mol. The Bertz CT molecular complexity index is 760. The summed E-state index contributed by atoms with van der Waals surface area (Å²) in [7, 11) is -3.51. The molecule has 0 amide bonds. The molecule has 2 aromatic carbocycles. The van der Waals surface area contributed by atoms with Gasteiger partial charge in [0.1, 0.15) is 0 Å². The molecular formula is C16H16N2O2S. The molecule has 0 radical (unpaired) electrons. The standard InChI is InChI=1S/C16H16N2O2S/c1-13-3-2-4-16(11-13)15-7-5-14(6-8-15)12-18-21(19,20)10-9-17/h2-8,11,18H,10,12H2,1H3. The molecule has 2 rings (SSSR count). The summed E-state index contributed by atoms with van der Waals surface area (Å²) in [5, 5.41) is 8.41. The van der Waals surface area contributed by atoms with Crippen LogP contribution < -0.4 is 4.72 Å². The van der Waals surface area contributed by atoms with Gasteiger partial charge in [0.25, 0.3) is 0 Å². The molecule has 0 fully saturated rings. The molecule has 0 aromatic heterocycles. The van der Waals surface area contributed by atoms with Crippen LogP contribution in [0.2, 0.25) is 0 Å². The molecule has 21 heavy (non-hydrogen) atoms. The molecule has 4 nitrogen and oxygen atoms in total. The Morgan fingerprint density at radius 1 is 1.10 bits per heavy atom. The van der Waals surface area contributed by atoms with Crippen molar-refractivity contribution in [1.82, 2.24) is 4.72 Å². The van der Waals surface area contributed by atoms with Crippen molar-refractivity contribution in [2.45, 2.75) is 13.5 Å². The summed E-state index contributed by atoms with van der Waals surface area (Å²) in [4.78, 5) is 0. The van der Waals surface area contributed by atoms with Crippen molar-refractivity contribution in [2.75, 3.05) is 5.75 Å². The van der Waals surface area contributed by atoms with Gasteiger partial charge in [0.05, 0.1) is 6.07 Å². The Morgan fingerprint density at radius 3 is 2.43 bits per heavy atom. The van der Waals surface area contributed by atoms with Crippen LogP contribution in [0.1, 0.15) is 11.1 Å². The number of nitrogens with one attached hydrogen (secondary N) is 1. The molecule has 0 atom stereocenters. The predicted octanol–water partition coefficient (Wildman–Crippen LogP) is 2.61. The van der Waals surface area contributed by atoms with Crippen molar-refractivity contribution in [3.05, 3.63) is 59.7 Å². The van der Waals surface area contributed by atoms with Crippen LogP contribution in [0.3, 0.4) is 0 Å². The molecular weight excluding hydrogens is 284 g/mol. The summed E-state index contributed by atoms with van der Waals surface area (Å²) in [6, 6.07) is 17.5. The molecule has 0 aliphatic rings. The lowest BCUT2D eigenvalue weighted by atomic mass is 10.0. The summed E-state index contributed by atoms with van der Waals surface area (Å²) < 4.78 is 25.2. The smallest absolute Gasteiger partial charge is 0.211 e. The zero-order valence-electron chi connectivity index (χ0n) is 11.7. The Labute approximate surface area is 125 Å². The van der Waals surface area contributed by atoms with Gasteiger partial charge < -0.3 is 0 Å². The van der Waals surface area contributed by atoms with Crippen LogP contribution >= 0.6 is 0 Å². The lowest BCUT2D eigenvalue weighted by Crippen LogP contribution is -2.25. The van der Waals surface area contributed by atoms with E-state index in [0.717, 1.165) is 16.7 Å². The van der Waals surface area contributed by atoms with E-state index in [0.29, 0.717) is 0 Å². The van der Waals surface area contributed by atoms with Crippen LogP contribution in [0.15, 0.2) is 48.5 Å². The normalized spacial score (nSPS) is 11.0. The van der Waals surface area contributed by atoms with E-state index in [1.165, 1.54) is 5.56 Å². The molecule has 5 heteroatoms. The molecule has 0 heterocycles. The van der Waals surface area contributed by atoms with E-state index in [1.54, 1.807) is 6.07 Å². The maximum atomic E-state index is 11.4. The van der Waals surface area contributed by atoms with E-state index >= 15 is 0 Å². The third-order valence-corrected chi connectivity index (χ3v) is 4.15. The van der Waals surface area contributed by atoms with Crippen LogP contribution in [0.25, 0.3) is 11.1 Å². The fourth-order valence-corrected chi connectivity index (χ4v) is 2.63. The zero-order chi connectivity index (χ0) is 15.3. The summed E-state index contributed by atoms with van der Waals surface area (Å²) in [6.45, 7) is 2.24. The number of aryl methyl sites for hydroxylation is 1. The minimum atomic E-state index is -3.51. The van der Waals surface area contributed by atoms with Gasteiger partial charge in [-0.1, -0.05) is 54.1 Å². The quantitative estimate of drug-likeness (QED) is 0.922. The second-order valence-corrected chi connectivity index (χ2v) is 6.61. The largest absolute Gasteiger partial charge is 0.225 e. The monoisotopic (exact) mass is 300 g/mol. The Hall–Kier alpha value is -2.16. The van der Waals surface area contributed by atoms with Crippen molar-refractivity contribution >= 4 is 10.0 Å². The van der Waals surface area contributed by atoms with Crippen LogP contribution in [0.5, 0.6) is 0 Å². The van der Waals surface area contributed by atoms with Gasteiger partial charge in [-0.15, -0.1) is 0 Å². The van der Waals surface area contributed by atoms with Gasteiger partial charge in [0, 0.05) is 6.54 Å². The minimum absolute atomic E-state index is 0.193. The van der Waals surface area contributed by atoms with Crippen molar-refractivity contribution in [3.63, 3.8) is 0 Å². The van der Waals surface area contributed by atoms with Crippen LogP contribution in [-0.2, 0) is 16.6 Å². The van der Waals surface area contributed by atoms with Gasteiger partial charge in [0.15, 0.2) is 5.75 Å². The summed E-state index contributed by atoms with van der Waals surface area (Å²) >= 11 is 0.